The van der Waals surface area contributed by atoms with E-state index in [0.29, 0.717) is 16.0 Å². The summed E-state index contributed by atoms with van der Waals surface area (Å²) in [6, 6.07) is 6.15. The minimum Gasteiger partial charge on any atom is -0.493 e. The Bertz CT molecular complexity index is 1070. The van der Waals surface area contributed by atoms with Crippen LogP contribution in [-0.4, -0.2) is 42.3 Å². The smallest absolute Gasteiger partial charge is 0.306 e. The minimum atomic E-state index is -3.73. The number of carbonyl (C=O) groups is 1. The Morgan fingerprint density at radius 2 is 2.10 bits per heavy atom. The molecule has 0 radical (unpaired) electrons. The number of benzene rings is 1. The lowest BCUT2D eigenvalue weighted by Gasteiger charge is -2.09. The molecule has 0 aliphatic carbocycles. The van der Waals surface area contributed by atoms with Gasteiger partial charge in [-0.15, -0.1) is 0 Å². The van der Waals surface area contributed by atoms with Crippen LogP contribution in [0.15, 0.2) is 28.9 Å². The summed E-state index contributed by atoms with van der Waals surface area (Å²) in [6.45, 7) is 4.00. The van der Waals surface area contributed by atoms with Gasteiger partial charge in [0.05, 0.1) is 13.4 Å². The van der Waals surface area contributed by atoms with Crippen molar-refractivity contribution < 1.29 is 22.1 Å². The second-order valence-corrected chi connectivity index (χ2v) is 9.74. The Hall–Kier alpha value is -2.62. The van der Waals surface area contributed by atoms with E-state index in [1.807, 2.05) is 19.9 Å². The first-order chi connectivity index (χ1) is 13.6. The Kier molecular flexibility index (Phi) is 7.60. The summed E-state index contributed by atoms with van der Waals surface area (Å²) in [5.41, 5.74) is 0.278. The van der Waals surface area contributed by atoms with Gasteiger partial charge in [0.1, 0.15) is 11.6 Å². The van der Waals surface area contributed by atoms with Crippen LogP contribution < -0.4 is 14.2 Å². The number of amides is 1. The minimum absolute atomic E-state index is 0.000786. The number of rotatable bonds is 8. The molecule has 1 aromatic heterocycles. The highest BCUT2D eigenvalue weighted by Gasteiger charge is 2.15. The van der Waals surface area contributed by atoms with Crippen LogP contribution in [0.1, 0.15) is 19.4 Å². The molecule has 0 saturated carbocycles. The van der Waals surface area contributed by atoms with Crippen LogP contribution in [0.5, 0.6) is 11.5 Å². The molecule has 0 spiro atoms. The van der Waals surface area contributed by atoms with Gasteiger partial charge in [0, 0.05) is 16.8 Å². The summed E-state index contributed by atoms with van der Waals surface area (Å²) in [7, 11) is -2.38. The number of thioether (sulfide) groups is 1. The second-order valence-electron chi connectivity index (χ2n) is 5.87. The predicted octanol–water partition coefficient (Wildman–Crippen LogP) is 2.93. The van der Waals surface area contributed by atoms with Gasteiger partial charge in [-0.3, -0.25) is 10.1 Å². The lowest BCUT2D eigenvalue weighted by atomic mass is 10.1. The van der Waals surface area contributed by atoms with Crippen LogP contribution in [0.2, 0.25) is 0 Å². The molecule has 2 rings (SSSR count). The number of anilines is 1. The average molecular weight is 455 g/mol. The van der Waals surface area contributed by atoms with Gasteiger partial charge in [-0.25, -0.2) is 0 Å². The normalized spacial score (nSPS) is 11.8. The maximum absolute atomic E-state index is 12.4. The van der Waals surface area contributed by atoms with Gasteiger partial charge in [-0.05, 0) is 23.8 Å². The van der Waals surface area contributed by atoms with E-state index in [4.69, 9.17) is 8.92 Å². The first kappa shape index (κ1) is 22.7. The molecule has 0 aliphatic heterocycles. The van der Waals surface area contributed by atoms with E-state index in [2.05, 4.69) is 14.7 Å². The molecule has 0 bridgehead atoms. The molecule has 1 heterocycles. The maximum Gasteiger partial charge on any atom is 0.306 e. The SMILES string of the molecule is COc1cc(/C=C(/C#N)C(=O)Nc2nc(SC(C)C)ns2)ccc1OS(C)(=O)=O. The number of nitrogens with one attached hydrogen (secondary N) is 1. The maximum atomic E-state index is 12.4. The van der Waals surface area contributed by atoms with E-state index >= 15 is 0 Å². The van der Waals surface area contributed by atoms with Crippen molar-refractivity contribution in [1.29, 1.82) is 5.26 Å². The van der Waals surface area contributed by atoms with Crippen molar-refractivity contribution in [1.82, 2.24) is 9.36 Å². The van der Waals surface area contributed by atoms with Crippen molar-refractivity contribution in [3.8, 4) is 17.6 Å². The molecule has 1 amide bonds. The molecule has 0 atom stereocenters. The summed E-state index contributed by atoms with van der Waals surface area (Å²) in [4.78, 5) is 16.6. The van der Waals surface area contributed by atoms with Crippen molar-refractivity contribution in [3.05, 3.63) is 29.3 Å². The molecule has 9 nitrogen and oxygen atoms in total. The Morgan fingerprint density at radius 1 is 1.38 bits per heavy atom. The van der Waals surface area contributed by atoms with Crippen molar-refractivity contribution in [2.24, 2.45) is 0 Å². The molecule has 1 aromatic carbocycles. The van der Waals surface area contributed by atoms with E-state index in [0.717, 1.165) is 17.8 Å². The van der Waals surface area contributed by atoms with Gasteiger partial charge in [0.15, 0.2) is 11.5 Å². The molecule has 29 heavy (non-hydrogen) atoms. The number of ether oxygens (including phenoxy) is 1. The quantitative estimate of drug-likeness (QED) is 0.277. The summed E-state index contributed by atoms with van der Waals surface area (Å²) in [5, 5.41) is 13.0. The molecule has 1 N–H and O–H groups in total. The fourth-order valence-electron chi connectivity index (χ4n) is 2.01. The predicted molar refractivity (Wildman–Crippen MR) is 112 cm³/mol. The van der Waals surface area contributed by atoms with Crippen LogP contribution in [-0.2, 0) is 14.9 Å². The van der Waals surface area contributed by atoms with Crippen LogP contribution >= 0.6 is 23.3 Å². The molecule has 0 fully saturated rings. The number of nitriles is 1. The van der Waals surface area contributed by atoms with Gasteiger partial charge in [0.25, 0.3) is 5.91 Å². The topological polar surface area (TPSA) is 131 Å². The summed E-state index contributed by atoms with van der Waals surface area (Å²) in [6.07, 6.45) is 2.25. The lowest BCUT2D eigenvalue weighted by molar-refractivity contribution is -0.112. The Morgan fingerprint density at radius 3 is 2.69 bits per heavy atom. The summed E-state index contributed by atoms with van der Waals surface area (Å²) >= 11 is 2.48. The zero-order chi connectivity index (χ0) is 21.6. The number of hydrogen-bond donors (Lipinski definition) is 1. The van der Waals surface area contributed by atoms with Gasteiger partial charge in [-0.1, -0.05) is 31.7 Å². The van der Waals surface area contributed by atoms with E-state index in [-0.39, 0.29) is 22.2 Å². The number of carbonyl (C=O) groups excluding carboxylic acids is 1. The van der Waals surface area contributed by atoms with Crippen molar-refractivity contribution >= 4 is 50.5 Å². The number of methoxy groups -OCH3 is 1. The molecule has 0 saturated heterocycles. The third-order valence-electron chi connectivity index (χ3n) is 3.07. The van der Waals surface area contributed by atoms with Crippen molar-refractivity contribution in [2.45, 2.75) is 24.3 Å². The number of nitrogens with zero attached hydrogens (tertiary/aromatic N) is 3. The van der Waals surface area contributed by atoms with Crippen molar-refractivity contribution in [2.75, 3.05) is 18.7 Å². The van der Waals surface area contributed by atoms with Crippen LogP contribution in [0, 0.1) is 11.3 Å². The third kappa shape index (κ3) is 7.04. The van der Waals surface area contributed by atoms with Crippen LogP contribution in [0.25, 0.3) is 6.08 Å². The zero-order valence-corrected chi connectivity index (χ0v) is 18.4. The first-order valence-corrected chi connectivity index (χ1v) is 11.6. The number of hydrogen-bond acceptors (Lipinski definition) is 10. The summed E-state index contributed by atoms with van der Waals surface area (Å²) in [5.74, 6) is -0.499. The molecule has 0 aliphatic rings. The molecule has 12 heteroatoms. The zero-order valence-electron chi connectivity index (χ0n) is 16.0. The number of aromatic nitrogens is 2. The Labute approximate surface area is 177 Å². The highest BCUT2D eigenvalue weighted by Crippen LogP contribution is 2.30. The van der Waals surface area contributed by atoms with Gasteiger partial charge in [-0.2, -0.15) is 23.0 Å². The Balaban J connectivity index is 2.21. The van der Waals surface area contributed by atoms with E-state index in [1.165, 1.54) is 43.1 Å². The van der Waals surface area contributed by atoms with Gasteiger partial charge < -0.3 is 8.92 Å². The van der Waals surface area contributed by atoms with Crippen LogP contribution in [0.4, 0.5) is 5.13 Å². The van der Waals surface area contributed by atoms with E-state index < -0.39 is 16.0 Å². The van der Waals surface area contributed by atoms with Gasteiger partial charge >= 0.3 is 10.1 Å². The molecule has 2 aromatic rings. The molecular weight excluding hydrogens is 436 g/mol. The fourth-order valence-corrected chi connectivity index (χ4v) is 3.85. The van der Waals surface area contributed by atoms with E-state index in [9.17, 15) is 18.5 Å². The van der Waals surface area contributed by atoms with Gasteiger partial charge in [0.2, 0.25) is 10.3 Å². The lowest BCUT2D eigenvalue weighted by Crippen LogP contribution is -2.13. The highest BCUT2D eigenvalue weighted by atomic mass is 32.2. The van der Waals surface area contributed by atoms with E-state index in [1.54, 1.807) is 0 Å². The standard InChI is InChI=1S/C17H18N4O5S3/c1-10(2)27-17-20-16(28-21-17)19-15(22)12(9-18)7-11-5-6-13(14(8-11)25-3)26-29(4,23)24/h5-8,10H,1-4H3,(H,19,20,21,22)/b12-7-. The summed E-state index contributed by atoms with van der Waals surface area (Å²) < 4.78 is 36.7. The monoisotopic (exact) mass is 454 g/mol. The van der Waals surface area contributed by atoms with Crippen molar-refractivity contribution in [3.63, 3.8) is 0 Å². The molecule has 154 valence electrons. The molecular formula is C17H18N4O5S3. The fraction of sp³-hybridized carbons (Fsp3) is 0.294. The molecule has 0 unspecified atom stereocenters. The largest absolute Gasteiger partial charge is 0.493 e. The highest BCUT2D eigenvalue weighted by molar-refractivity contribution is 7.99. The first-order valence-electron chi connectivity index (χ1n) is 8.12. The average Bonchev–Trinajstić information content (AvgIpc) is 3.05. The second kappa shape index (κ2) is 9.73. The third-order valence-corrected chi connectivity index (χ3v) is 5.17. The van der Waals surface area contributed by atoms with Crippen LogP contribution in [0.3, 0.4) is 0 Å².